The molecule has 124 valence electrons. The second kappa shape index (κ2) is 5.56. The van der Waals surface area contributed by atoms with Gasteiger partial charge >= 0.3 is 12.1 Å². The molecule has 0 saturated heterocycles. The van der Waals surface area contributed by atoms with E-state index in [1.807, 2.05) is 25.2 Å². The number of aliphatic carboxylic acids is 1. The molecule has 1 aliphatic carbocycles. The second-order valence-electron chi connectivity index (χ2n) is 5.19. The number of halogens is 3. The molecule has 9 heteroatoms. The summed E-state index contributed by atoms with van der Waals surface area (Å²) in [5, 5.41) is 7.12. The van der Waals surface area contributed by atoms with E-state index in [1.54, 1.807) is 4.57 Å². The number of likely N-dealkylation sites (N-methyl/N-ethyl adjacent to an activating group) is 1. The number of hydrogen-bond acceptors (Lipinski definition) is 4. The summed E-state index contributed by atoms with van der Waals surface area (Å²) in [6.45, 7) is 0.893. The predicted molar refractivity (Wildman–Crippen MR) is 72.8 cm³/mol. The fraction of sp³-hybridized carbons (Fsp3) is 0.357. The lowest BCUT2D eigenvalue weighted by Gasteiger charge is -2.30. The Hall–Kier alpha value is -2.58. The van der Waals surface area contributed by atoms with E-state index in [4.69, 9.17) is 9.90 Å². The summed E-state index contributed by atoms with van der Waals surface area (Å²) >= 11 is 0. The zero-order chi connectivity index (χ0) is 17.5. The number of ketones is 2. The summed E-state index contributed by atoms with van der Waals surface area (Å²) in [7, 11) is 3.77. The van der Waals surface area contributed by atoms with Gasteiger partial charge in [0.15, 0.2) is 0 Å². The molecule has 0 bridgehead atoms. The molecule has 0 aromatic carbocycles. The zero-order valence-electron chi connectivity index (χ0n) is 12.3. The Labute approximate surface area is 128 Å². The highest BCUT2D eigenvalue weighted by Gasteiger charge is 2.38. The molecule has 2 aliphatic rings. The van der Waals surface area contributed by atoms with Gasteiger partial charge in [0.1, 0.15) is 5.69 Å². The summed E-state index contributed by atoms with van der Waals surface area (Å²) in [6, 6.07) is 0. The Morgan fingerprint density at radius 3 is 2.35 bits per heavy atom. The van der Waals surface area contributed by atoms with Crippen LogP contribution in [-0.2, 0) is 23.1 Å². The molecule has 23 heavy (non-hydrogen) atoms. The lowest BCUT2D eigenvalue weighted by molar-refractivity contribution is -0.192. The van der Waals surface area contributed by atoms with Crippen molar-refractivity contribution in [1.82, 2.24) is 9.47 Å². The van der Waals surface area contributed by atoms with Gasteiger partial charge in [-0.05, 0) is 12.0 Å². The predicted octanol–water partition coefficient (Wildman–Crippen LogP) is 1.25. The fourth-order valence-corrected chi connectivity index (χ4v) is 2.53. The van der Waals surface area contributed by atoms with Gasteiger partial charge in [0, 0.05) is 38.5 Å². The van der Waals surface area contributed by atoms with Crippen LogP contribution >= 0.6 is 0 Å². The van der Waals surface area contributed by atoms with Gasteiger partial charge in [-0.25, -0.2) is 4.79 Å². The first kappa shape index (κ1) is 16.8. The van der Waals surface area contributed by atoms with E-state index in [9.17, 15) is 22.8 Å². The average molecular weight is 330 g/mol. The van der Waals surface area contributed by atoms with Crippen molar-refractivity contribution in [2.45, 2.75) is 12.6 Å². The molecule has 1 N–H and O–H groups in total. The second-order valence-corrected chi connectivity index (χ2v) is 5.19. The molecule has 0 fully saturated rings. The number of carbonyl (C=O) groups excluding carboxylic acids is 2. The topological polar surface area (TPSA) is 79.6 Å². The number of carbonyl (C=O) groups is 3. The monoisotopic (exact) mass is 330 g/mol. The number of rotatable bonds is 0. The van der Waals surface area contributed by atoms with Crippen LogP contribution in [0, 0.1) is 0 Å². The number of aromatic nitrogens is 1. The maximum atomic E-state index is 11.8. The summed E-state index contributed by atoms with van der Waals surface area (Å²) in [4.78, 5) is 34.3. The van der Waals surface area contributed by atoms with Crippen molar-refractivity contribution in [3.63, 3.8) is 0 Å². The van der Waals surface area contributed by atoms with Gasteiger partial charge in [-0.15, -0.1) is 0 Å². The van der Waals surface area contributed by atoms with Gasteiger partial charge in [-0.3, -0.25) is 9.59 Å². The van der Waals surface area contributed by atoms with Gasteiger partial charge in [0.05, 0.1) is 5.70 Å². The number of Topliss-reactive ketones (excluding diaryl/α,β-unsaturated/α-hetero) is 1. The molecule has 0 saturated carbocycles. The third-order valence-corrected chi connectivity index (χ3v) is 3.59. The summed E-state index contributed by atoms with van der Waals surface area (Å²) < 4.78 is 33.5. The third kappa shape index (κ3) is 2.99. The van der Waals surface area contributed by atoms with Crippen molar-refractivity contribution >= 4 is 23.2 Å². The first-order chi connectivity index (χ1) is 10.5. The van der Waals surface area contributed by atoms with Crippen LogP contribution in [0.4, 0.5) is 13.2 Å². The lowest BCUT2D eigenvalue weighted by Crippen LogP contribution is -2.31. The number of alkyl halides is 3. The van der Waals surface area contributed by atoms with Crippen molar-refractivity contribution in [3.05, 3.63) is 29.1 Å². The van der Waals surface area contributed by atoms with Crippen molar-refractivity contribution in [3.8, 4) is 0 Å². The quantitative estimate of drug-likeness (QED) is 0.724. The number of hydrogen-bond donors (Lipinski definition) is 1. The molecule has 2 heterocycles. The highest BCUT2D eigenvalue weighted by atomic mass is 19.4. The summed E-state index contributed by atoms with van der Waals surface area (Å²) in [6.07, 6.45) is -0.728. The first-order valence-corrected chi connectivity index (χ1v) is 6.54. The molecular formula is C14H13F3N2O4. The molecule has 1 aromatic heterocycles. The summed E-state index contributed by atoms with van der Waals surface area (Å²) in [5.41, 5.74) is 3.56. The van der Waals surface area contributed by atoms with Crippen LogP contribution in [0.3, 0.4) is 0 Å². The van der Waals surface area contributed by atoms with Crippen LogP contribution in [-0.4, -0.2) is 51.9 Å². The van der Waals surface area contributed by atoms with E-state index < -0.39 is 17.9 Å². The smallest absolute Gasteiger partial charge is 0.475 e. The van der Waals surface area contributed by atoms with Crippen LogP contribution in [0.5, 0.6) is 0 Å². The standard InChI is InChI=1S/C12H12N2O2.C2HF3O2/c1-13-4-3-7-6-14(2)11-10(7)8(13)5-9(15)12(11)16;3-2(4,5)1(6)7/h5-6H,3-4H2,1-2H3;(H,6,7). The Morgan fingerprint density at radius 1 is 1.26 bits per heavy atom. The zero-order valence-corrected chi connectivity index (χ0v) is 12.3. The number of allylic oxidation sites excluding steroid dienone is 1. The number of nitrogens with zero attached hydrogens (tertiary/aromatic N) is 2. The van der Waals surface area contributed by atoms with Crippen LogP contribution in [0.2, 0.25) is 0 Å². The van der Waals surface area contributed by atoms with Crippen molar-refractivity contribution in [2.75, 3.05) is 13.6 Å². The molecule has 0 unspecified atom stereocenters. The molecule has 0 amide bonds. The SMILES string of the molecule is CN1CCc2cn(C)c3c2C1=CC(=O)C3=O.O=C(O)C(F)(F)F. The summed E-state index contributed by atoms with van der Waals surface area (Å²) in [5.74, 6) is -3.56. The molecule has 3 rings (SSSR count). The van der Waals surface area contributed by atoms with Gasteiger partial charge in [0.25, 0.3) is 0 Å². The Balaban J connectivity index is 0.000000236. The Kier molecular flexibility index (Phi) is 4.06. The minimum absolute atomic E-state index is 0.386. The Morgan fingerprint density at radius 2 is 1.83 bits per heavy atom. The minimum Gasteiger partial charge on any atom is -0.475 e. The fourth-order valence-electron chi connectivity index (χ4n) is 2.53. The lowest BCUT2D eigenvalue weighted by atomic mass is 9.92. The van der Waals surface area contributed by atoms with Crippen molar-refractivity contribution < 1.29 is 32.7 Å². The molecule has 0 radical (unpaired) electrons. The molecule has 1 aliphatic heterocycles. The van der Waals surface area contributed by atoms with E-state index in [2.05, 4.69) is 0 Å². The van der Waals surface area contributed by atoms with Crippen LogP contribution in [0.25, 0.3) is 5.70 Å². The van der Waals surface area contributed by atoms with Gasteiger partial charge < -0.3 is 14.6 Å². The molecule has 6 nitrogen and oxygen atoms in total. The molecule has 1 aromatic rings. The number of carboxylic acids is 1. The normalized spacial score (nSPS) is 16.4. The third-order valence-electron chi connectivity index (χ3n) is 3.59. The maximum absolute atomic E-state index is 11.8. The first-order valence-electron chi connectivity index (χ1n) is 6.54. The minimum atomic E-state index is -5.08. The average Bonchev–Trinajstić information content (AvgIpc) is 2.76. The molecule has 0 spiro atoms. The van der Waals surface area contributed by atoms with Crippen molar-refractivity contribution in [2.24, 2.45) is 7.05 Å². The largest absolute Gasteiger partial charge is 0.490 e. The van der Waals surface area contributed by atoms with Crippen LogP contribution in [0.1, 0.15) is 21.6 Å². The van der Waals surface area contributed by atoms with Crippen molar-refractivity contribution in [1.29, 1.82) is 0 Å². The maximum Gasteiger partial charge on any atom is 0.490 e. The van der Waals surface area contributed by atoms with E-state index >= 15 is 0 Å². The van der Waals surface area contributed by atoms with E-state index in [0.717, 1.165) is 24.2 Å². The van der Waals surface area contributed by atoms with E-state index in [0.29, 0.717) is 5.69 Å². The van der Waals surface area contributed by atoms with E-state index in [1.165, 1.54) is 11.6 Å². The number of aryl methyl sites for hydroxylation is 1. The Bertz CT molecular complexity index is 731. The van der Waals surface area contributed by atoms with Crippen LogP contribution in [0.15, 0.2) is 12.3 Å². The van der Waals surface area contributed by atoms with Gasteiger partial charge in [0.2, 0.25) is 11.6 Å². The van der Waals surface area contributed by atoms with Gasteiger partial charge in [-0.1, -0.05) is 0 Å². The highest BCUT2D eigenvalue weighted by Crippen LogP contribution is 2.34. The molecular weight excluding hydrogens is 317 g/mol. The number of carboxylic acid groups (broad SMARTS) is 1. The molecule has 0 atom stereocenters. The highest BCUT2D eigenvalue weighted by molar-refractivity contribution is 6.50. The van der Waals surface area contributed by atoms with E-state index in [-0.39, 0.29) is 5.78 Å². The van der Waals surface area contributed by atoms with Crippen LogP contribution < -0.4 is 0 Å². The van der Waals surface area contributed by atoms with Gasteiger partial charge in [-0.2, -0.15) is 13.2 Å².